The summed E-state index contributed by atoms with van der Waals surface area (Å²) in [6.07, 6.45) is 2.82. The molecular weight excluding hydrogens is 398 g/mol. The summed E-state index contributed by atoms with van der Waals surface area (Å²) in [5.74, 6) is -0.335. The highest BCUT2D eigenvalue weighted by molar-refractivity contribution is 7.88. The molecule has 0 N–H and O–H groups in total. The fraction of sp³-hybridized carbons (Fsp3) is 0.500. The predicted molar refractivity (Wildman–Crippen MR) is 103 cm³/mol. The third-order valence-electron chi connectivity index (χ3n) is 4.21. The standard InChI is InChI=1S/C16H20ClN3O4S2/c1-19(26(2,22)23)10-15(21)20(9-12-4-3-7-24-12)16-18-13-6-5-11(17)8-14(13)25-16/h5-6,8,12H,3-4,7,9-10H2,1-2H3. The molecule has 1 unspecified atom stereocenters. The van der Waals surface area contributed by atoms with Crippen molar-refractivity contribution < 1.29 is 17.9 Å². The predicted octanol–water partition coefficient (Wildman–Crippen LogP) is 2.35. The molecule has 1 aliphatic rings. The second-order valence-corrected chi connectivity index (χ2v) is 9.80. The van der Waals surface area contributed by atoms with Crippen molar-refractivity contribution in [2.75, 3.05) is 37.9 Å². The van der Waals surface area contributed by atoms with Crippen LogP contribution in [0.1, 0.15) is 12.8 Å². The van der Waals surface area contributed by atoms with E-state index in [4.69, 9.17) is 16.3 Å². The third kappa shape index (κ3) is 4.52. The van der Waals surface area contributed by atoms with Crippen LogP contribution in [0.2, 0.25) is 5.02 Å². The summed E-state index contributed by atoms with van der Waals surface area (Å²) in [4.78, 5) is 18.9. The molecular formula is C16H20ClN3O4S2. The van der Waals surface area contributed by atoms with Crippen LogP contribution in [0.3, 0.4) is 0 Å². The van der Waals surface area contributed by atoms with Gasteiger partial charge in [0.05, 0.1) is 35.7 Å². The van der Waals surface area contributed by atoms with Crippen molar-refractivity contribution in [2.45, 2.75) is 18.9 Å². The van der Waals surface area contributed by atoms with Gasteiger partial charge in [-0.15, -0.1) is 0 Å². The van der Waals surface area contributed by atoms with Crippen LogP contribution in [0.25, 0.3) is 10.2 Å². The molecule has 0 bridgehead atoms. The minimum Gasteiger partial charge on any atom is -0.376 e. The summed E-state index contributed by atoms with van der Waals surface area (Å²) in [6.45, 7) is 0.775. The lowest BCUT2D eigenvalue weighted by Gasteiger charge is -2.25. The van der Waals surface area contributed by atoms with Crippen molar-refractivity contribution in [3.63, 3.8) is 0 Å². The number of anilines is 1. The number of amides is 1. The van der Waals surface area contributed by atoms with Crippen LogP contribution in [0.4, 0.5) is 5.13 Å². The fourth-order valence-corrected chi connectivity index (χ4v) is 4.29. The van der Waals surface area contributed by atoms with Gasteiger partial charge in [0.2, 0.25) is 15.9 Å². The van der Waals surface area contributed by atoms with Crippen LogP contribution in [-0.2, 0) is 19.6 Å². The molecule has 2 heterocycles. The number of sulfonamides is 1. The summed E-state index contributed by atoms with van der Waals surface area (Å²) in [5, 5.41) is 1.12. The Bertz CT molecular complexity index is 909. The lowest BCUT2D eigenvalue weighted by atomic mass is 10.2. The van der Waals surface area contributed by atoms with E-state index in [0.717, 1.165) is 33.6 Å². The Morgan fingerprint density at radius 3 is 2.88 bits per heavy atom. The molecule has 0 aliphatic carbocycles. The average Bonchev–Trinajstić information content (AvgIpc) is 3.19. The summed E-state index contributed by atoms with van der Waals surface area (Å²) in [7, 11) is -2.07. The summed E-state index contributed by atoms with van der Waals surface area (Å²) in [6, 6.07) is 5.35. The zero-order valence-corrected chi connectivity index (χ0v) is 16.9. The van der Waals surface area contributed by atoms with Crippen LogP contribution < -0.4 is 4.90 Å². The number of nitrogens with zero attached hydrogens (tertiary/aromatic N) is 3. The molecule has 1 atom stereocenters. The van der Waals surface area contributed by atoms with Crippen LogP contribution in [0, 0.1) is 0 Å². The van der Waals surface area contributed by atoms with E-state index in [9.17, 15) is 13.2 Å². The average molecular weight is 418 g/mol. The Morgan fingerprint density at radius 2 is 2.23 bits per heavy atom. The highest BCUT2D eigenvalue weighted by Crippen LogP contribution is 2.31. The third-order valence-corrected chi connectivity index (χ3v) is 6.74. The van der Waals surface area contributed by atoms with Gasteiger partial charge in [-0.2, -0.15) is 4.31 Å². The van der Waals surface area contributed by atoms with Gasteiger partial charge in [0.25, 0.3) is 0 Å². The van der Waals surface area contributed by atoms with E-state index in [1.54, 1.807) is 18.2 Å². The minimum atomic E-state index is -3.45. The number of rotatable bonds is 6. The maximum atomic E-state index is 12.8. The molecule has 7 nitrogen and oxygen atoms in total. The molecule has 0 saturated carbocycles. The fourth-order valence-electron chi connectivity index (χ4n) is 2.67. The number of ether oxygens (including phenoxy) is 1. The second-order valence-electron chi connectivity index (χ2n) is 6.27. The van der Waals surface area contributed by atoms with E-state index in [-0.39, 0.29) is 18.6 Å². The van der Waals surface area contributed by atoms with Gasteiger partial charge in [-0.05, 0) is 31.0 Å². The first-order chi connectivity index (χ1) is 12.2. The van der Waals surface area contributed by atoms with Gasteiger partial charge in [0, 0.05) is 18.7 Å². The smallest absolute Gasteiger partial charge is 0.244 e. The van der Waals surface area contributed by atoms with E-state index >= 15 is 0 Å². The van der Waals surface area contributed by atoms with Gasteiger partial charge in [0.1, 0.15) is 0 Å². The zero-order valence-electron chi connectivity index (χ0n) is 14.5. The van der Waals surface area contributed by atoms with Crippen molar-refractivity contribution in [1.82, 2.24) is 9.29 Å². The molecule has 2 aromatic rings. The monoisotopic (exact) mass is 417 g/mol. The van der Waals surface area contributed by atoms with Gasteiger partial charge < -0.3 is 4.74 Å². The van der Waals surface area contributed by atoms with Gasteiger partial charge in [-0.1, -0.05) is 22.9 Å². The summed E-state index contributed by atoms with van der Waals surface area (Å²) < 4.78 is 30.9. The van der Waals surface area contributed by atoms with Crippen molar-refractivity contribution in [1.29, 1.82) is 0 Å². The molecule has 1 aliphatic heterocycles. The quantitative estimate of drug-likeness (QED) is 0.720. The van der Waals surface area contributed by atoms with E-state index in [1.807, 2.05) is 0 Å². The van der Waals surface area contributed by atoms with E-state index in [1.165, 1.54) is 23.3 Å². The Hall–Kier alpha value is -1.26. The highest BCUT2D eigenvalue weighted by atomic mass is 35.5. The van der Waals surface area contributed by atoms with Gasteiger partial charge >= 0.3 is 0 Å². The topological polar surface area (TPSA) is 79.8 Å². The van der Waals surface area contributed by atoms with E-state index < -0.39 is 10.0 Å². The molecule has 142 valence electrons. The van der Waals surface area contributed by atoms with Crippen molar-refractivity contribution >= 4 is 54.2 Å². The minimum absolute atomic E-state index is 0.0712. The van der Waals surface area contributed by atoms with Crippen LogP contribution >= 0.6 is 22.9 Å². The normalized spacial score (nSPS) is 17.9. The molecule has 0 spiro atoms. The highest BCUT2D eigenvalue weighted by Gasteiger charge is 2.28. The lowest BCUT2D eigenvalue weighted by Crippen LogP contribution is -2.44. The Labute approximate surface area is 161 Å². The van der Waals surface area contributed by atoms with Gasteiger partial charge in [-0.3, -0.25) is 9.69 Å². The number of benzene rings is 1. The number of aromatic nitrogens is 1. The molecule has 3 rings (SSSR count). The number of carbonyl (C=O) groups is 1. The number of hydrogen-bond acceptors (Lipinski definition) is 6. The molecule has 1 aromatic carbocycles. The number of fused-ring (bicyclic) bond motifs is 1. The number of carbonyl (C=O) groups excluding carboxylic acids is 1. The number of thiazole rings is 1. The second kappa shape index (κ2) is 7.77. The SMILES string of the molecule is CN(CC(=O)N(CC1CCCO1)c1nc2ccc(Cl)cc2s1)S(C)(=O)=O. The number of likely N-dealkylation sites (N-methyl/N-ethyl adjacent to an activating group) is 1. The molecule has 1 amide bonds. The van der Waals surface area contributed by atoms with Crippen molar-refractivity contribution in [3.8, 4) is 0 Å². The molecule has 1 fully saturated rings. The van der Waals surface area contributed by atoms with Gasteiger partial charge in [0.15, 0.2) is 5.13 Å². The summed E-state index contributed by atoms with van der Waals surface area (Å²) >= 11 is 7.38. The number of halogens is 1. The van der Waals surface area contributed by atoms with E-state index in [0.29, 0.717) is 23.3 Å². The Kier molecular flexibility index (Phi) is 5.83. The van der Waals surface area contributed by atoms with E-state index in [2.05, 4.69) is 4.98 Å². The van der Waals surface area contributed by atoms with Crippen LogP contribution in [0.15, 0.2) is 18.2 Å². The van der Waals surface area contributed by atoms with Crippen LogP contribution in [-0.4, -0.2) is 62.7 Å². The lowest BCUT2D eigenvalue weighted by molar-refractivity contribution is -0.119. The molecule has 1 saturated heterocycles. The molecule has 26 heavy (non-hydrogen) atoms. The Balaban J connectivity index is 1.89. The molecule has 1 aromatic heterocycles. The Morgan fingerprint density at radius 1 is 1.46 bits per heavy atom. The zero-order chi connectivity index (χ0) is 18.9. The maximum Gasteiger partial charge on any atom is 0.244 e. The first-order valence-electron chi connectivity index (χ1n) is 8.13. The van der Waals surface area contributed by atoms with Crippen molar-refractivity contribution in [3.05, 3.63) is 23.2 Å². The van der Waals surface area contributed by atoms with Gasteiger partial charge in [-0.25, -0.2) is 13.4 Å². The largest absolute Gasteiger partial charge is 0.376 e. The maximum absolute atomic E-state index is 12.8. The summed E-state index contributed by atoms with van der Waals surface area (Å²) in [5.41, 5.74) is 0.746. The number of hydrogen-bond donors (Lipinski definition) is 0. The van der Waals surface area contributed by atoms with Crippen LogP contribution in [0.5, 0.6) is 0 Å². The first-order valence-corrected chi connectivity index (χ1v) is 11.2. The first kappa shape index (κ1) is 19.5. The molecule has 0 radical (unpaired) electrons. The molecule has 10 heteroatoms. The van der Waals surface area contributed by atoms with Crippen molar-refractivity contribution in [2.24, 2.45) is 0 Å².